The zero-order chi connectivity index (χ0) is 10.2. The van der Waals surface area contributed by atoms with Gasteiger partial charge in [-0.15, -0.1) is 0 Å². The van der Waals surface area contributed by atoms with E-state index in [1.54, 1.807) is 0 Å². The van der Waals surface area contributed by atoms with Gasteiger partial charge >= 0.3 is 0 Å². The minimum absolute atomic E-state index is 0.481. The highest BCUT2D eigenvalue weighted by molar-refractivity contribution is 5.00. The molecule has 0 aromatic carbocycles. The average molecular weight is 193 g/mol. The van der Waals surface area contributed by atoms with E-state index in [1.165, 1.54) is 6.92 Å². The molecular weight excluding hydrogens is 178 g/mol. The Morgan fingerprint density at radius 3 is 2.38 bits per heavy atom. The number of hydrogen-bond acceptors (Lipinski definition) is 6. The minimum Gasteiger partial charge on any atom is -0.394 e. The molecule has 1 unspecified atom stereocenters. The summed E-state index contributed by atoms with van der Waals surface area (Å²) < 4.78 is 4.80. The second-order valence-electron chi connectivity index (χ2n) is 3.51. The minimum atomic E-state index is -1.43. The molecule has 13 heavy (non-hydrogen) atoms. The normalized spacial score (nSPS) is 52.2. The molecule has 0 radical (unpaired) electrons. The second-order valence-corrected chi connectivity index (χ2v) is 3.51. The quantitative estimate of drug-likeness (QED) is 0.306. The van der Waals surface area contributed by atoms with Crippen LogP contribution in [0.3, 0.4) is 0 Å². The van der Waals surface area contributed by atoms with Crippen molar-refractivity contribution in [1.82, 2.24) is 0 Å². The van der Waals surface area contributed by atoms with Gasteiger partial charge < -0.3 is 30.9 Å². The van der Waals surface area contributed by atoms with E-state index in [0.29, 0.717) is 0 Å². The maximum Gasteiger partial charge on any atom is 0.175 e. The Balaban J connectivity index is 2.79. The molecule has 0 aromatic rings. The van der Waals surface area contributed by atoms with Crippen molar-refractivity contribution in [3.05, 3.63) is 0 Å². The zero-order valence-corrected chi connectivity index (χ0v) is 7.29. The predicted octanol–water partition coefficient (Wildman–Crippen LogP) is -2.86. The van der Waals surface area contributed by atoms with Gasteiger partial charge in [-0.3, -0.25) is 0 Å². The van der Waals surface area contributed by atoms with Gasteiger partial charge in [0.1, 0.15) is 18.3 Å². The lowest BCUT2D eigenvalue weighted by atomic mass is 9.86. The Hall–Kier alpha value is -0.240. The molecule has 1 rings (SSSR count). The monoisotopic (exact) mass is 193 g/mol. The van der Waals surface area contributed by atoms with E-state index in [9.17, 15) is 15.3 Å². The average Bonchev–Trinajstić information content (AvgIpc) is 2.09. The van der Waals surface area contributed by atoms with Gasteiger partial charge in [-0.05, 0) is 6.92 Å². The van der Waals surface area contributed by atoms with E-state index in [-0.39, 0.29) is 0 Å². The van der Waals surface area contributed by atoms with Crippen LogP contribution in [0.25, 0.3) is 0 Å². The summed E-state index contributed by atoms with van der Waals surface area (Å²) in [7, 11) is 0. The molecule has 1 heterocycles. The van der Waals surface area contributed by atoms with Crippen molar-refractivity contribution in [2.24, 2.45) is 5.73 Å². The topological polar surface area (TPSA) is 116 Å². The maximum atomic E-state index is 9.45. The molecule has 1 saturated heterocycles. The number of hydrogen-bond donors (Lipinski definition) is 5. The number of rotatable bonds is 1. The van der Waals surface area contributed by atoms with Crippen LogP contribution in [0.5, 0.6) is 0 Å². The molecule has 0 aromatic heterocycles. The summed E-state index contributed by atoms with van der Waals surface area (Å²) in [5.41, 5.74) is 4.08. The Bertz CT molecular complexity index is 186. The first-order chi connectivity index (χ1) is 5.91. The Labute approximate surface area is 75.6 Å². The lowest BCUT2D eigenvalue weighted by molar-refractivity contribution is -0.273. The lowest BCUT2D eigenvalue weighted by Crippen LogP contribution is -2.69. The Morgan fingerprint density at radius 1 is 1.38 bits per heavy atom. The molecule has 1 aliphatic rings. The van der Waals surface area contributed by atoms with Crippen LogP contribution in [0, 0.1) is 0 Å². The number of ether oxygens (including phenoxy) is 1. The first kappa shape index (κ1) is 10.8. The highest BCUT2D eigenvalue weighted by Gasteiger charge is 2.49. The van der Waals surface area contributed by atoms with E-state index in [2.05, 4.69) is 0 Å². The van der Waals surface area contributed by atoms with E-state index >= 15 is 0 Å². The van der Waals surface area contributed by atoms with Crippen LogP contribution in [-0.4, -0.2) is 57.2 Å². The van der Waals surface area contributed by atoms with Crippen LogP contribution in [0.15, 0.2) is 0 Å². The summed E-state index contributed by atoms with van der Waals surface area (Å²) >= 11 is 0. The lowest BCUT2D eigenvalue weighted by Gasteiger charge is -2.45. The van der Waals surface area contributed by atoms with Crippen LogP contribution >= 0.6 is 0 Å². The third-order valence-electron chi connectivity index (χ3n) is 2.36. The van der Waals surface area contributed by atoms with Gasteiger partial charge in [0.2, 0.25) is 0 Å². The maximum absolute atomic E-state index is 9.45. The number of aliphatic hydroxyl groups is 4. The van der Waals surface area contributed by atoms with Crippen LogP contribution in [0.2, 0.25) is 0 Å². The second kappa shape index (κ2) is 3.49. The van der Waals surface area contributed by atoms with Gasteiger partial charge in [-0.2, -0.15) is 0 Å². The number of nitrogens with two attached hydrogens (primary N) is 1. The summed E-state index contributed by atoms with van der Waals surface area (Å²) in [6.45, 7) is 0.879. The van der Waals surface area contributed by atoms with Crippen molar-refractivity contribution in [3.8, 4) is 0 Å². The third kappa shape index (κ3) is 1.69. The van der Waals surface area contributed by atoms with Crippen molar-refractivity contribution in [3.63, 3.8) is 0 Å². The van der Waals surface area contributed by atoms with Gasteiger partial charge in [-0.1, -0.05) is 0 Å². The molecular formula is C7H15NO5. The summed E-state index contributed by atoms with van der Waals surface area (Å²) in [5, 5.41) is 36.8. The fourth-order valence-corrected chi connectivity index (χ4v) is 1.26. The Kier molecular flexibility index (Phi) is 2.91. The molecule has 1 fully saturated rings. The molecule has 6 heteroatoms. The SMILES string of the molecule is C[C@]1(N)C(O)O[C@H](CO)[C@@H](O)[C@@H]1O. The van der Waals surface area contributed by atoms with Gasteiger partial charge in [0.25, 0.3) is 0 Å². The molecule has 6 nitrogen and oxygen atoms in total. The molecule has 6 N–H and O–H groups in total. The van der Waals surface area contributed by atoms with Gasteiger partial charge in [-0.25, -0.2) is 0 Å². The zero-order valence-electron chi connectivity index (χ0n) is 7.29. The molecule has 0 bridgehead atoms. The van der Waals surface area contributed by atoms with Gasteiger partial charge in [0, 0.05) is 0 Å². The summed E-state index contributed by atoms with van der Waals surface area (Å²) in [5.74, 6) is 0. The van der Waals surface area contributed by atoms with Crippen molar-refractivity contribution < 1.29 is 25.2 Å². The van der Waals surface area contributed by atoms with E-state index in [4.69, 9.17) is 15.6 Å². The number of aliphatic hydroxyl groups excluding tert-OH is 4. The molecule has 78 valence electrons. The van der Waals surface area contributed by atoms with Crippen LogP contribution in [0.1, 0.15) is 6.92 Å². The fraction of sp³-hybridized carbons (Fsp3) is 1.00. The summed E-state index contributed by atoms with van der Waals surface area (Å²) in [6, 6.07) is 0. The first-order valence-corrected chi connectivity index (χ1v) is 4.00. The van der Waals surface area contributed by atoms with Crippen LogP contribution < -0.4 is 5.73 Å². The van der Waals surface area contributed by atoms with Crippen molar-refractivity contribution in [2.75, 3.05) is 6.61 Å². The van der Waals surface area contributed by atoms with Crippen molar-refractivity contribution in [2.45, 2.75) is 37.1 Å². The van der Waals surface area contributed by atoms with Gasteiger partial charge in [0.15, 0.2) is 6.29 Å². The highest BCUT2D eigenvalue weighted by atomic mass is 16.6. The molecule has 0 amide bonds. The standard InChI is InChI=1S/C7H15NO5/c1-7(8)5(11)4(10)3(2-9)13-6(7)12/h3-6,9-12H,2,8H2,1H3/t3-,4-,5+,6?,7-/m1/s1. The van der Waals surface area contributed by atoms with Crippen molar-refractivity contribution >= 4 is 0 Å². The smallest absolute Gasteiger partial charge is 0.175 e. The molecule has 0 spiro atoms. The Morgan fingerprint density at radius 2 is 1.92 bits per heavy atom. The van der Waals surface area contributed by atoms with E-state index in [1.807, 2.05) is 0 Å². The van der Waals surface area contributed by atoms with Crippen LogP contribution in [0.4, 0.5) is 0 Å². The highest BCUT2D eigenvalue weighted by Crippen LogP contribution is 2.25. The third-order valence-corrected chi connectivity index (χ3v) is 2.36. The molecule has 0 saturated carbocycles. The first-order valence-electron chi connectivity index (χ1n) is 4.00. The summed E-state index contributed by atoms with van der Waals surface area (Å²) in [4.78, 5) is 0. The molecule has 0 aliphatic carbocycles. The molecule has 1 aliphatic heterocycles. The van der Waals surface area contributed by atoms with E-state index < -0.39 is 36.7 Å². The largest absolute Gasteiger partial charge is 0.394 e. The van der Waals surface area contributed by atoms with Crippen molar-refractivity contribution in [1.29, 1.82) is 0 Å². The summed E-state index contributed by atoms with van der Waals surface area (Å²) in [6.07, 6.45) is -5.01. The van der Waals surface area contributed by atoms with Gasteiger partial charge in [0.05, 0.1) is 12.1 Å². The van der Waals surface area contributed by atoms with E-state index in [0.717, 1.165) is 0 Å². The predicted molar refractivity (Wildman–Crippen MR) is 42.6 cm³/mol. The molecule has 5 atom stereocenters. The van der Waals surface area contributed by atoms with Crippen LogP contribution in [-0.2, 0) is 4.74 Å². The fourth-order valence-electron chi connectivity index (χ4n) is 1.26.